The molecule has 0 aliphatic heterocycles. The second-order valence-electron chi connectivity index (χ2n) is 14.5. The first kappa shape index (κ1) is 28.9. The Morgan fingerprint density at radius 2 is 1.66 bits per heavy atom. The summed E-state index contributed by atoms with van der Waals surface area (Å²) in [6.07, 6.45) is 7.05. The molecule has 0 heterocycles. The number of aryl methyl sites for hydroxylation is 1. The summed E-state index contributed by atoms with van der Waals surface area (Å²) in [7, 11) is 0. The van der Waals surface area contributed by atoms with E-state index in [2.05, 4.69) is 88.8 Å². The number of hydrogen-bond donors (Lipinski definition) is 0. The van der Waals surface area contributed by atoms with Gasteiger partial charge >= 0.3 is 0 Å². The quantitative estimate of drug-likeness (QED) is 0.357. The third-order valence-corrected chi connectivity index (χ3v) is 11.4. The molecule has 0 heteroatoms. The van der Waals surface area contributed by atoms with Gasteiger partial charge in [0.05, 0.1) is 0 Å². The van der Waals surface area contributed by atoms with Crippen LogP contribution in [0.5, 0.6) is 0 Å². The second kappa shape index (κ2) is 9.53. The first-order valence-electron chi connectivity index (χ1n) is 15.2. The lowest BCUT2D eigenvalue weighted by molar-refractivity contribution is 0.0543. The van der Waals surface area contributed by atoms with Crippen LogP contribution < -0.4 is 0 Å². The third kappa shape index (κ3) is 4.00. The Labute approximate surface area is 235 Å². The van der Waals surface area contributed by atoms with Crippen LogP contribution in [-0.4, -0.2) is 0 Å². The molecular formula is C38H54. The predicted octanol–water partition coefficient (Wildman–Crippen LogP) is 11.3. The molecule has 1 aromatic carbocycles. The second-order valence-corrected chi connectivity index (χ2v) is 14.5. The van der Waals surface area contributed by atoms with Crippen molar-refractivity contribution in [1.82, 2.24) is 0 Å². The largest absolute Gasteiger partial charge is 0.0955 e. The average Bonchev–Trinajstić information content (AvgIpc) is 2.79. The van der Waals surface area contributed by atoms with E-state index in [0.29, 0.717) is 5.92 Å². The summed E-state index contributed by atoms with van der Waals surface area (Å²) < 4.78 is 0. The minimum Gasteiger partial charge on any atom is -0.0955 e. The standard InChI is InChI=1S/C38H54/c1-15-24(6)16-17-30-18-31(22(2)3)32-20-36(12)21-37(13)19-25(7)33(23(4)5)28(10)38(37,14)29(11)35(36)27(9)34(32)26(30)8/h18,22,24H,4,9-10,15-17,19-21H2,1-3,5-8,11-14H3/t24?,36-,37+,38-/m1/s1. The normalized spacial score (nSPS) is 29.9. The summed E-state index contributed by atoms with van der Waals surface area (Å²) >= 11 is 0. The highest BCUT2D eigenvalue weighted by Crippen LogP contribution is 2.70. The van der Waals surface area contributed by atoms with Crippen LogP contribution in [0, 0.1) is 29.1 Å². The fraction of sp³-hybridized carbons (Fsp3) is 0.579. The fourth-order valence-corrected chi connectivity index (χ4v) is 9.07. The summed E-state index contributed by atoms with van der Waals surface area (Å²) in [6.45, 7) is 40.3. The van der Waals surface area contributed by atoms with Crippen molar-refractivity contribution in [3.63, 3.8) is 0 Å². The van der Waals surface area contributed by atoms with Crippen molar-refractivity contribution in [3.8, 4) is 0 Å². The lowest BCUT2D eigenvalue weighted by Crippen LogP contribution is -2.52. The molecule has 0 aromatic heterocycles. The molecule has 4 rings (SSSR count). The van der Waals surface area contributed by atoms with E-state index in [4.69, 9.17) is 13.2 Å². The van der Waals surface area contributed by atoms with Crippen molar-refractivity contribution in [3.05, 3.63) is 87.1 Å². The topological polar surface area (TPSA) is 0 Å². The van der Waals surface area contributed by atoms with E-state index in [1.165, 1.54) is 63.0 Å². The Hall–Kier alpha value is -2.08. The van der Waals surface area contributed by atoms with E-state index in [-0.39, 0.29) is 16.2 Å². The summed E-state index contributed by atoms with van der Waals surface area (Å²) in [5.74, 6) is 1.27. The van der Waals surface area contributed by atoms with Crippen molar-refractivity contribution in [2.45, 2.75) is 121 Å². The number of benzene rings is 1. The van der Waals surface area contributed by atoms with Crippen molar-refractivity contribution >= 4 is 5.57 Å². The summed E-state index contributed by atoms with van der Waals surface area (Å²) in [5.41, 5.74) is 17.2. The minimum absolute atomic E-state index is 0.0814. The maximum Gasteiger partial charge on any atom is 0.0194 e. The van der Waals surface area contributed by atoms with Crippen molar-refractivity contribution in [2.75, 3.05) is 0 Å². The maximum atomic E-state index is 4.92. The Kier molecular flexibility index (Phi) is 7.25. The van der Waals surface area contributed by atoms with Gasteiger partial charge < -0.3 is 0 Å². The highest BCUT2D eigenvalue weighted by molar-refractivity contribution is 5.87. The first-order valence-corrected chi connectivity index (χ1v) is 15.2. The highest BCUT2D eigenvalue weighted by atomic mass is 14.6. The zero-order valence-corrected chi connectivity index (χ0v) is 26.6. The SMILES string of the molecule is C=C(C)C1=C(C)C[C@@]2(C)C[C@@]3(C)Cc4c(C(C)C)cc(CCC(C)CC)c(C)c4C(=C)C3=C(C)[C@@]2(C)C1=C. The molecule has 1 unspecified atom stereocenters. The molecule has 0 spiro atoms. The van der Waals surface area contributed by atoms with E-state index in [1.807, 2.05) is 0 Å². The van der Waals surface area contributed by atoms with Gasteiger partial charge in [-0.2, -0.15) is 0 Å². The van der Waals surface area contributed by atoms with Gasteiger partial charge in [-0.3, -0.25) is 0 Å². The van der Waals surface area contributed by atoms with Gasteiger partial charge in [0.2, 0.25) is 0 Å². The van der Waals surface area contributed by atoms with Gasteiger partial charge in [0, 0.05) is 5.41 Å². The highest BCUT2D eigenvalue weighted by Gasteiger charge is 2.59. The van der Waals surface area contributed by atoms with Gasteiger partial charge in [-0.15, -0.1) is 0 Å². The zero-order valence-electron chi connectivity index (χ0n) is 26.6. The molecule has 0 saturated carbocycles. The first-order chi connectivity index (χ1) is 17.5. The monoisotopic (exact) mass is 510 g/mol. The molecule has 38 heavy (non-hydrogen) atoms. The van der Waals surface area contributed by atoms with E-state index in [0.717, 1.165) is 37.2 Å². The number of hydrogen-bond acceptors (Lipinski definition) is 0. The molecule has 0 amide bonds. The van der Waals surface area contributed by atoms with Gasteiger partial charge in [0.15, 0.2) is 0 Å². The minimum atomic E-state index is -0.0982. The fourth-order valence-electron chi connectivity index (χ4n) is 9.07. The van der Waals surface area contributed by atoms with Crippen molar-refractivity contribution in [2.24, 2.45) is 22.2 Å². The van der Waals surface area contributed by atoms with Gasteiger partial charge in [0.25, 0.3) is 0 Å². The molecular weight excluding hydrogens is 456 g/mol. The number of rotatable bonds is 6. The maximum absolute atomic E-state index is 4.92. The molecule has 0 fully saturated rings. The Bertz CT molecular complexity index is 1290. The molecule has 3 aliphatic rings. The van der Waals surface area contributed by atoms with Crippen LogP contribution in [0.4, 0.5) is 0 Å². The van der Waals surface area contributed by atoms with Gasteiger partial charge in [0.1, 0.15) is 0 Å². The van der Waals surface area contributed by atoms with Gasteiger partial charge in [-0.05, 0) is 133 Å². The van der Waals surface area contributed by atoms with Gasteiger partial charge in [-0.25, -0.2) is 0 Å². The van der Waals surface area contributed by atoms with E-state index in [1.54, 1.807) is 11.1 Å². The van der Waals surface area contributed by atoms with Crippen LogP contribution in [0.3, 0.4) is 0 Å². The molecule has 0 radical (unpaired) electrons. The summed E-state index contributed by atoms with van der Waals surface area (Å²) in [6, 6.07) is 2.57. The zero-order chi connectivity index (χ0) is 28.5. The number of allylic oxidation sites excluding steroid dienone is 7. The lowest BCUT2D eigenvalue weighted by atomic mass is 9.41. The molecule has 206 valence electrons. The van der Waals surface area contributed by atoms with Crippen LogP contribution in [-0.2, 0) is 12.8 Å². The van der Waals surface area contributed by atoms with Crippen LogP contribution in [0.2, 0.25) is 0 Å². The molecule has 0 nitrogen and oxygen atoms in total. The number of fused-ring (bicyclic) bond motifs is 3. The average molecular weight is 511 g/mol. The molecule has 1 aromatic rings. The Balaban J connectivity index is 1.96. The van der Waals surface area contributed by atoms with Gasteiger partial charge in [-0.1, -0.05) is 97.4 Å². The third-order valence-electron chi connectivity index (χ3n) is 11.4. The van der Waals surface area contributed by atoms with E-state index >= 15 is 0 Å². The Morgan fingerprint density at radius 3 is 2.21 bits per heavy atom. The van der Waals surface area contributed by atoms with Crippen molar-refractivity contribution in [1.29, 1.82) is 0 Å². The Morgan fingerprint density at radius 1 is 1.03 bits per heavy atom. The lowest BCUT2D eigenvalue weighted by Gasteiger charge is -2.62. The smallest absolute Gasteiger partial charge is 0.0194 e. The van der Waals surface area contributed by atoms with E-state index in [9.17, 15) is 0 Å². The molecule has 0 bridgehead atoms. The van der Waals surface area contributed by atoms with Crippen LogP contribution >= 0.6 is 0 Å². The summed E-state index contributed by atoms with van der Waals surface area (Å²) in [5, 5.41) is 0. The molecule has 4 atom stereocenters. The predicted molar refractivity (Wildman–Crippen MR) is 169 cm³/mol. The van der Waals surface area contributed by atoms with Crippen molar-refractivity contribution < 1.29 is 0 Å². The van der Waals surface area contributed by atoms with E-state index < -0.39 is 0 Å². The molecule has 0 N–H and O–H groups in total. The van der Waals surface area contributed by atoms with Crippen LogP contribution in [0.15, 0.2) is 59.2 Å². The molecule has 0 saturated heterocycles. The van der Waals surface area contributed by atoms with Crippen LogP contribution in [0.1, 0.15) is 129 Å². The van der Waals surface area contributed by atoms with Crippen LogP contribution in [0.25, 0.3) is 5.57 Å². The summed E-state index contributed by atoms with van der Waals surface area (Å²) in [4.78, 5) is 0. The molecule has 3 aliphatic carbocycles.